The molecule has 0 saturated carbocycles. The molecule has 126 valence electrons. The second-order valence-electron chi connectivity index (χ2n) is 5.89. The van der Waals surface area contributed by atoms with E-state index in [9.17, 15) is 10.1 Å². The van der Waals surface area contributed by atoms with Crippen molar-refractivity contribution < 1.29 is 9.34 Å². The van der Waals surface area contributed by atoms with Crippen LogP contribution < -0.4 is 0 Å². The molecule has 4 aromatic rings. The van der Waals surface area contributed by atoms with E-state index in [1.165, 1.54) is 12.1 Å². The van der Waals surface area contributed by atoms with Gasteiger partial charge in [0, 0.05) is 28.8 Å². The molecule has 4 nitrogen and oxygen atoms in total. The molecule has 0 spiro atoms. The number of hydrogen-bond donors (Lipinski definition) is 0. The Morgan fingerprint density at radius 3 is 1.96 bits per heavy atom. The summed E-state index contributed by atoms with van der Waals surface area (Å²) in [7, 11) is 0. The van der Waals surface area contributed by atoms with Gasteiger partial charge in [0.2, 0.25) is 0 Å². The van der Waals surface area contributed by atoms with Gasteiger partial charge in [0.15, 0.2) is 0 Å². The summed E-state index contributed by atoms with van der Waals surface area (Å²) >= 11 is 0. The Kier molecular flexibility index (Phi) is 4.07. The van der Waals surface area contributed by atoms with Crippen molar-refractivity contribution >= 4 is 5.69 Å². The minimum Gasteiger partial charge on any atom is -0.455 e. The summed E-state index contributed by atoms with van der Waals surface area (Å²) in [5.41, 5.74) is 3.67. The van der Waals surface area contributed by atoms with Crippen LogP contribution in [-0.2, 0) is 0 Å². The maximum Gasteiger partial charge on any atom is 0.270 e. The van der Waals surface area contributed by atoms with Crippen molar-refractivity contribution in [3.8, 4) is 33.8 Å². The maximum absolute atomic E-state index is 11.1. The molecule has 0 aliphatic heterocycles. The molecule has 4 heteroatoms. The molecule has 4 rings (SSSR count). The molecule has 1 heterocycles. The molecule has 0 bridgehead atoms. The van der Waals surface area contributed by atoms with Crippen LogP contribution >= 0.6 is 0 Å². The lowest BCUT2D eigenvalue weighted by molar-refractivity contribution is -0.384. The summed E-state index contributed by atoms with van der Waals surface area (Å²) in [5, 5.41) is 11.1. The average Bonchev–Trinajstić information content (AvgIpc) is 3.15. The van der Waals surface area contributed by atoms with Gasteiger partial charge in [0.05, 0.1) is 4.92 Å². The van der Waals surface area contributed by atoms with Crippen LogP contribution in [0.5, 0.6) is 0 Å². The minimum atomic E-state index is -0.400. The molecule has 0 fully saturated rings. The second-order valence-corrected chi connectivity index (χ2v) is 5.89. The van der Waals surface area contributed by atoms with Crippen LogP contribution in [0.15, 0.2) is 95.4 Å². The van der Waals surface area contributed by atoms with Crippen molar-refractivity contribution in [3.05, 3.63) is 101 Å². The fraction of sp³-hybridized carbons (Fsp3) is 0. The van der Waals surface area contributed by atoms with E-state index >= 15 is 0 Å². The predicted octanol–water partition coefficient (Wildman–Crippen LogP) is 6.19. The van der Waals surface area contributed by atoms with E-state index in [-0.39, 0.29) is 5.69 Å². The van der Waals surface area contributed by atoms with Crippen LogP contribution in [0.1, 0.15) is 0 Å². The van der Waals surface area contributed by atoms with Gasteiger partial charge in [-0.25, -0.2) is 0 Å². The Balaban J connectivity index is 1.89. The molecule has 0 atom stereocenters. The zero-order chi connectivity index (χ0) is 17.9. The highest BCUT2D eigenvalue weighted by Crippen LogP contribution is 2.39. The number of rotatable bonds is 4. The van der Waals surface area contributed by atoms with Gasteiger partial charge in [-0.15, -0.1) is 0 Å². The summed E-state index contributed by atoms with van der Waals surface area (Å²) in [6.45, 7) is 0. The summed E-state index contributed by atoms with van der Waals surface area (Å²) < 4.78 is 6.15. The number of non-ortho nitro benzene ring substituents is 1. The van der Waals surface area contributed by atoms with E-state index in [4.69, 9.17) is 4.42 Å². The standard InChI is InChI=1S/C22H15NO3/c24-23(25)19-13-7-12-18(14-19)21-15-20(16-8-3-1-4-9-16)22(26-21)17-10-5-2-6-11-17/h1-15H. The van der Waals surface area contributed by atoms with Gasteiger partial charge in [-0.2, -0.15) is 0 Å². The van der Waals surface area contributed by atoms with E-state index in [0.29, 0.717) is 11.3 Å². The highest BCUT2D eigenvalue weighted by atomic mass is 16.6. The minimum absolute atomic E-state index is 0.0430. The third kappa shape index (κ3) is 3.00. The van der Waals surface area contributed by atoms with E-state index in [2.05, 4.69) is 0 Å². The van der Waals surface area contributed by atoms with Gasteiger partial charge in [0.25, 0.3) is 5.69 Å². The van der Waals surface area contributed by atoms with Crippen molar-refractivity contribution in [2.24, 2.45) is 0 Å². The molecule has 0 radical (unpaired) electrons. The topological polar surface area (TPSA) is 56.3 Å². The van der Waals surface area contributed by atoms with E-state index in [1.54, 1.807) is 6.07 Å². The lowest BCUT2D eigenvalue weighted by atomic mass is 10.0. The smallest absolute Gasteiger partial charge is 0.270 e. The summed E-state index contributed by atoms with van der Waals surface area (Å²) in [6, 6.07) is 28.2. The molecule has 3 aromatic carbocycles. The first-order valence-electron chi connectivity index (χ1n) is 8.22. The molecule has 26 heavy (non-hydrogen) atoms. The van der Waals surface area contributed by atoms with Gasteiger partial charge in [-0.3, -0.25) is 10.1 Å². The van der Waals surface area contributed by atoms with Crippen molar-refractivity contribution in [2.75, 3.05) is 0 Å². The van der Waals surface area contributed by atoms with Crippen molar-refractivity contribution in [1.82, 2.24) is 0 Å². The van der Waals surface area contributed by atoms with Crippen molar-refractivity contribution in [2.45, 2.75) is 0 Å². The van der Waals surface area contributed by atoms with Gasteiger partial charge in [-0.05, 0) is 11.6 Å². The predicted molar refractivity (Wildman–Crippen MR) is 102 cm³/mol. The number of furan rings is 1. The van der Waals surface area contributed by atoms with E-state index < -0.39 is 4.92 Å². The van der Waals surface area contributed by atoms with Gasteiger partial charge in [-0.1, -0.05) is 72.8 Å². The highest BCUT2D eigenvalue weighted by Gasteiger charge is 2.17. The average molecular weight is 341 g/mol. The number of nitro groups is 1. The molecule has 0 unspecified atom stereocenters. The first-order valence-corrected chi connectivity index (χ1v) is 8.22. The van der Waals surface area contributed by atoms with E-state index in [0.717, 1.165) is 22.5 Å². The third-order valence-corrected chi connectivity index (χ3v) is 4.19. The number of hydrogen-bond acceptors (Lipinski definition) is 3. The number of nitro benzene ring substituents is 1. The zero-order valence-corrected chi connectivity index (χ0v) is 13.8. The SMILES string of the molecule is O=[N+]([O-])c1cccc(-c2cc(-c3ccccc3)c(-c3ccccc3)o2)c1. The van der Waals surface area contributed by atoms with Crippen LogP contribution in [0.2, 0.25) is 0 Å². The van der Waals surface area contributed by atoms with E-state index in [1.807, 2.05) is 72.8 Å². The third-order valence-electron chi connectivity index (χ3n) is 4.19. The molecular formula is C22H15NO3. The van der Waals surface area contributed by atoms with Gasteiger partial charge >= 0.3 is 0 Å². The van der Waals surface area contributed by atoms with Gasteiger partial charge in [0.1, 0.15) is 11.5 Å². The molecular weight excluding hydrogens is 326 g/mol. The summed E-state index contributed by atoms with van der Waals surface area (Å²) in [4.78, 5) is 10.7. The maximum atomic E-state index is 11.1. The van der Waals surface area contributed by atoms with Crippen LogP contribution in [0.3, 0.4) is 0 Å². The molecule has 0 amide bonds. The molecule has 0 N–H and O–H groups in total. The quantitative estimate of drug-likeness (QED) is 0.328. The number of nitrogens with zero attached hydrogens (tertiary/aromatic N) is 1. The molecule has 0 aliphatic carbocycles. The normalized spacial score (nSPS) is 10.6. The van der Waals surface area contributed by atoms with Crippen LogP contribution in [0.4, 0.5) is 5.69 Å². The Hall–Kier alpha value is -3.66. The Morgan fingerprint density at radius 1 is 0.692 bits per heavy atom. The van der Waals surface area contributed by atoms with Crippen LogP contribution in [0, 0.1) is 10.1 Å². The zero-order valence-electron chi connectivity index (χ0n) is 13.8. The lowest BCUT2D eigenvalue weighted by Crippen LogP contribution is -1.87. The second kappa shape index (κ2) is 6.69. The van der Waals surface area contributed by atoms with Crippen molar-refractivity contribution in [3.63, 3.8) is 0 Å². The summed E-state index contributed by atoms with van der Waals surface area (Å²) in [6.07, 6.45) is 0. The summed E-state index contributed by atoms with van der Waals surface area (Å²) in [5.74, 6) is 1.35. The largest absolute Gasteiger partial charge is 0.455 e. The van der Waals surface area contributed by atoms with Crippen LogP contribution in [-0.4, -0.2) is 4.92 Å². The molecule has 0 aliphatic rings. The fourth-order valence-electron chi connectivity index (χ4n) is 2.94. The molecule has 0 saturated heterocycles. The lowest BCUT2D eigenvalue weighted by Gasteiger charge is -2.02. The Labute approximate surface area is 150 Å². The van der Waals surface area contributed by atoms with Crippen LogP contribution in [0.25, 0.3) is 33.8 Å². The van der Waals surface area contributed by atoms with Crippen molar-refractivity contribution in [1.29, 1.82) is 0 Å². The fourth-order valence-corrected chi connectivity index (χ4v) is 2.94. The first kappa shape index (κ1) is 15.8. The Bertz CT molecular complexity index is 996. The van der Waals surface area contributed by atoms with Gasteiger partial charge < -0.3 is 4.42 Å². The number of benzene rings is 3. The highest BCUT2D eigenvalue weighted by molar-refractivity contribution is 5.83. The Morgan fingerprint density at radius 2 is 1.31 bits per heavy atom. The molecule has 1 aromatic heterocycles. The monoisotopic (exact) mass is 341 g/mol. The first-order chi connectivity index (χ1) is 12.7.